The Morgan fingerprint density at radius 2 is 1.78 bits per heavy atom. The van der Waals surface area contributed by atoms with E-state index in [0.29, 0.717) is 11.3 Å². The Hall–Kier alpha value is -2.42. The molecule has 0 aromatic heterocycles. The van der Waals surface area contributed by atoms with Crippen LogP contribution in [0.3, 0.4) is 0 Å². The number of hydrogen-bond donors (Lipinski definition) is 0. The summed E-state index contributed by atoms with van der Waals surface area (Å²) in [6, 6.07) is 14.8. The summed E-state index contributed by atoms with van der Waals surface area (Å²) in [5.41, 5.74) is 2.21. The Bertz CT molecular complexity index is 559. The van der Waals surface area contributed by atoms with Crippen LogP contribution in [-0.2, 0) is 0 Å². The summed E-state index contributed by atoms with van der Waals surface area (Å²) in [4.78, 5) is 15.1. The van der Waals surface area contributed by atoms with Gasteiger partial charge in [0, 0.05) is 11.8 Å². The van der Waals surface area contributed by atoms with Crippen molar-refractivity contribution in [1.29, 1.82) is 0 Å². The van der Waals surface area contributed by atoms with Crippen LogP contribution in [0.15, 0.2) is 53.5 Å². The molecule has 0 aliphatic carbocycles. The summed E-state index contributed by atoms with van der Waals surface area (Å²) in [5.74, 6) is 0.806. The normalized spacial score (nSPS) is 10.5. The lowest BCUT2D eigenvalue weighted by molar-refractivity contribution is 0.112. The number of benzene rings is 2. The number of ether oxygens (including phenoxy) is 1. The molecule has 0 aliphatic heterocycles. The molecule has 0 saturated carbocycles. The zero-order valence-electron chi connectivity index (χ0n) is 10.0. The number of nitrogens with zero attached hydrogens (tertiary/aromatic N) is 1. The van der Waals surface area contributed by atoms with Gasteiger partial charge in [-0.25, -0.2) is 0 Å². The molecule has 0 fully saturated rings. The molecule has 2 aromatic rings. The molecule has 0 bridgehead atoms. The average molecular weight is 239 g/mol. The molecule has 0 heterocycles. The molecule has 0 spiro atoms. The molecule has 90 valence electrons. The van der Waals surface area contributed by atoms with Crippen LogP contribution in [0.4, 0.5) is 5.69 Å². The van der Waals surface area contributed by atoms with Crippen molar-refractivity contribution in [2.45, 2.75) is 0 Å². The van der Waals surface area contributed by atoms with Gasteiger partial charge < -0.3 is 4.74 Å². The average Bonchev–Trinajstić information content (AvgIpc) is 2.46. The van der Waals surface area contributed by atoms with Crippen LogP contribution in [0.1, 0.15) is 15.9 Å². The highest BCUT2D eigenvalue weighted by Crippen LogP contribution is 2.17. The minimum Gasteiger partial charge on any atom is -0.497 e. The summed E-state index contributed by atoms with van der Waals surface area (Å²) in [6.45, 7) is 0. The lowest BCUT2D eigenvalue weighted by atomic mass is 10.2. The third-order valence-corrected chi connectivity index (χ3v) is 2.53. The van der Waals surface area contributed by atoms with Crippen molar-refractivity contribution in [1.82, 2.24) is 0 Å². The van der Waals surface area contributed by atoms with E-state index in [0.717, 1.165) is 17.6 Å². The highest BCUT2D eigenvalue weighted by atomic mass is 16.5. The van der Waals surface area contributed by atoms with Crippen LogP contribution in [0.5, 0.6) is 5.75 Å². The first-order chi connectivity index (χ1) is 8.83. The highest BCUT2D eigenvalue weighted by molar-refractivity contribution is 5.87. The number of hydrogen-bond acceptors (Lipinski definition) is 3. The van der Waals surface area contributed by atoms with Gasteiger partial charge in [-0.3, -0.25) is 9.79 Å². The maximum absolute atomic E-state index is 10.8. The number of aliphatic imine (C=N–C) groups is 1. The molecule has 2 aromatic carbocycles. The maximum Gasteiger partial charge on any atom is 0.152 e. The maximum atomic E-state index is 10.8. The van der Waals surface area contributed by atoms with Gasteiger partial charge in [-0.1, -0.05) is 12.1 Å². The van der Waals surface area contributed by atoms with Crippen molar-refractivity contribution in [3.8, 4) is 5.75 Å². The van der Waals surface area contributed by atoms with E-state index in [1.54, 1.807) is 19.4 Å². The molecule has 3 nitrogen and oxygen atoms in total. The molecule has 0 saturated heterocycles. The second-order valence-electron chi connectivity index (χ2n) is 3.71. The predicted octanol–water partition coefficient (Wildman–Crippen LogP) is 3.26. The lowest BCUT2D eigenvalue weighted by Crippen LogP contribution is -1.85. The molecule has 0 amide bonds. The molecule has 0 radical (unpaired) electrons. The molecule has 0 N–H and O–H groups in total. The first kappa shape index (κ1) is 12.0. The van der Waals surface area contributed by atoms with Crippen LogP contribution in [0, 0.1) is 0 Å². The summed E-state index contributed by atoms with van der Waals surface area (Å²) >= 11 is 0. The van der Waals surface area contributed by atoms with E-state index in [2.05, 4.69) is 4.99 Å². The molecule has 2 rings (SSSR count). The van der Waals surface area contributed by atoms with Gasteiger partial charge in [0.2, 0.25) is 0 Å². The third kappa shape index (κ3) is 2.83. The van der Waals surface area contributed by atoms with Gasteiger partial charge >= 0.3 is 0 Å². The number of para-hydroxylation sites is 1. The second kappa shape index (κ2) is 5.77. The largest absolute Gasteiger partial charge is 0.497 e. The first-order valence-electron chi connectivity index (χ1n) is 5.56. The number of methoxy groups -OCH3 is 1. The number of rotatable bonds is 4. The Labute approximate surface area is 106 Å². The van der Waals surface area contributed by atoms with E-state index < -0.39 is 0 Å². The van der Waals surface area contributed by atoms with Crippen LogP contribution in [0.25, 0.3) is 0 Å². The summed E-state index contributed by atoms with van der Waals surface area (Å²) in [6.07, 6.45) is 2.53. The summed E-state index contributed by atoms with van der Waals surface area (Å²) < 4.78 is 5.08. The molecule has 18 heavy (non-hydrogen) atoms. The molecule has 3 heteroatoms. The van der Waals surface area contributed by atoms with Crippen molar-refractivity contribution >= 4 is 18.2 Å². The van der Waals surface area contributed by atoms with Gasteiger partial charge in [0.25, 0.3) is 0 Å². The van der Waals surface area contributed by atoms with Crippen molar-refractivity contribution in [2.24, 2.45) is 4.99 Å². The van der Waals surface area contributed by atoms with Crippen molar-refractivity contribution in [3.63, 3.8) is 0 Å². The minimum atomic E-state index is 0.585. The second-order valence-corrected chi connectivity index (χ2v) is 3.71. The standard InChI is InChI=1S/C15H13NO2/c1-18-14-8-6-12(7-9-14)10-16-15-5-3-2-4-13(15)11-17/h2-11H,1H3. The van der Waals surface area contributed by atoms with Gasteiger partial charge in [0.15, 0.2) is 6.29 Å². The first-order valence-corrected chi connectivity index (χ1v) is 5.56. The van der Waals surface area contributed by atoms with E-state index in [4.69, 9.17) is 4.74 Å². The van der Waals surface area contributed by atoms with Crippen LogP contribution < -0.4 is 4.74 Å². The molecule has 0 aliphatic rings. The minimum absolute atomic E-state index is 0.585. The molecular formula is C15H13NO2. The summed E-state index contributed by atoms with van der Waals surface area (Å²) in [7, 11) is 1.63. The zero-order chi connectivity index (χ0) is 12.8. The molecular weight excluding hydrogens is 226 g/mol. The van der Waals surface area contributed by atoms with Crippen LogP contribution >= 0.6 is 0 Å². The summed E-state index contributed by atoms with van der Waals surface area (Å²) in [5, 5.41) is 0. The quantitative estimate of drug-likeness (QED) is 0.606. The van der Waals surface area contributed by atoms with Gasteiger partial charge in [-0.05, 0) is 42.0 Å². The Balaban J connectivity index is 2.21. The molecule has 0 unspecified atom stereocenters. The van der Waals surface area contributed by atoms with Gasteiger partial charge in [-0.2, -0.15) is 0 Å². The van der Waals surface area contributed by atoms with E-state index in [9.17, 15) is 4.79 Å². The SMILES string of the molecule is COc1ccc(C=Nc2ccccc2C=O)cc1. The number of carbonyl (C=O) groups excluding carboxylic acids is 1. The van der Waals surface area contributed by atoms with Crippen LogP contribution in [-0.4, -0.2) is 19.6 Å². The number of aldehydes is 1. The topological polar surface area (TPSA) is 38.7 Å². The fraction of sp³-hybridized carbons (Fsp3) is 0.0667. The van der Waals surface area contributed by atoms with E-state index in [1.807, 2.05) is 42.5 Å². The monoisotopic (exact) mass is 239 g/mol. The van der Waals surface area contributed by atoms with Gasteiger partial charge in [0.05, 0.1) is 12.8 Å². The fourth-order valence-corrected chi connectivity index (χ4v) is 1.54. The highest BCUT2D eigenvalue weighted by Gasteiger charge is 1.97. The van der Waals surface area contributed by atoms with Gasteiger partial charge in [0.1, 0.15) is 5.75 Å². The Morgan fingerprint density at radius 1 is 1.06 bits per heavy atom. The van der Waals surface area contributed by atoms with Crippen molar-refractivity contribution in [3.05, 3.63) is 59.7 Å². The predicted molar refractivity (Wildman–Crippen MR) is 72.1 cm³/mol. The third-order valence-electron chi connectivity index (χ3n) is 2.53. The Morgan fingerprint density at radius 3 is 2.44 bits per heavy atom. The number of carbonyl (C=O) groups is 1. The van der Waals surface area contributed by atoms with Crippen molar-refractivity contribution < 1.29 is 9.53 Å². The van der Waals surface area contributed by atoms with Crippen molar-refractivity contribution in [2.75, 3.05) is 7.11 Å². The van der Waals surface area contributed by atoms with Crippen LogP contribution in [0.2, 0.25) is 0 Å². The Kier molecular flexibility index (Phi) is 3.86. The van der Waals surface area contributed by atoms with E-state index in [-0.39, 0.29) is 0 Å². The van der Waals surface area contributed by atoms with Gasteiger partial charge in [-0.15, -0.1) is 0 Å². The van der Waals surface area contributed by atoms with E-state index in [1.165, 1.54) is 0 Å². The smallest absolute Gasteiger partial charge is 0.152 e. The van der Waals surface area contributed by atoms with E-state index >= 15 is 0 Å². The fourth-order valence-electron chi connectivity index (χ4n) is 1.54. The zero-order valence-corrected chi connectivity index (χ0v) is 10.0. The molecule has 0 atom stereocenters. The lowest BCUT2D eigenvalue weighted by Gasteiger charge is -2.00.